The predicted octanol–water partition coefficient (Wildman–Crippen LogP) is 4.74. The number of hydrogen-bond donors (Lipinski definition) is 0. The first-order chi connectivity index (χ1) is 15.7. The molecule has 0 radical (unpaired) electrons. The normalized spacial score (nSPS) is 12.2. The number of thiazole rings is 1. The van der Waals surface area contributed by atoms with Gasteiger partial charge in [0.25, 0.3) is 5.91 Å². The first-order valence-electron chi connectivity index (χ1n) is 10.4. The van der Waals surface area contributed by atoms with Crippen LogP contribution in [0.25, 0.3) is 32.0 Å². The largest absolute Gasteiger partial charge is 0.463 e. The Bertz CT molecular complexity index is 1590. The molecule has 160 valence electrons. The van der Waals surface area contributed by atoms with Crippen molar-refractivity contribution >= 4 is 49.2 Å². The van der Waals surface area contributed by atoms with E-state index < -0.39 is 5.91 Å². The fourth-order valence-corrected chi connectivity index (χ4v) is 4.96. The Morgan fingerprint density at radius 1 is 1.06 bits per heavy atom. The number of aromatic nitrogens is 1. The van der Waals surface area contributed by atoms with Gasteiger partial charge < -0.3 is 13.7 Å². The number of para-hydroxylation sites is 1. The minimum atomic E-state index is -0.620. The van der Waals surface area contributed by atoms with Gasteiger partial charge >= 0.3 is 0 Å². The quantitative estimate of drug-likeness (QED) is 0.367. The zero-order valence-corrected chi connectivity index (χ0v) is 18.2. The summed E-state index contributed by atoms with van der Waals surface area (Å²) in [5.74, 6) is -0.620. The van der Waals surface area contributed by atoms with Crippen LogP contribution in [0, 0.1) is 0 Å². The molecule has 0 bridgehead atoms. The zero-order chi connectivity index (χ0) is 22.1. The molecule has 0 saturated heterocycles. The van der Waals surface area contributed by atoms with Crippen LogP contribution in [0.1, 0.15) is 17.3 Å². The Labute approximate surface area is 187 Å². The van der Waals surface area contributed by atoms with E-state index in [-0.39, 0.29) is 11.0 Å². The van der Waals surface area contributed by atoms with E-state index in [2.05, 4.69) is 23.2 Å². The number of ether oxygens (including phenoxy) is 1. The van der Waals surface area contributed by atoms with Gasteiger partial charge in [0.2, 0.25) is 5.43 Å². The van der Waals surface area contributed by atoms with Crippen LogP contribution < -0.4 is 10.2 Å². The Kier molecular flexibility index (Phi) is 5.43. The van der Waals surface area contributed by atoms with Crippen molar-refractivity contribution in [3.63, 3.8) is 0 Å². The third-order valence-corrected chi connectivity index (χ3v) is 6.47. The average Bonchev–Trinajstić information content (AvgIpc) is 3.17. The third kappa shape index (κ3) is 3.55. The SMILES string of the molecule is CCOCCn1c(=NC(=O)c2coc3ccccc3c2=O)sc2c3ccccc3ccc21. The van der Waals surface area contributed by atoms with Crippen LogP contribution in [-0.2, 0) is 11.3 Å². The Morgan fingerprint density at radius 2 is 1.84 bits per heavy atom. The van der Waals surface area contributed by atoms with Crippen LogP contribution in [0.15, 0.2) is 81.1 Å². The summed E-state index contributed by atoms with van der Waals surface area (Å²) in [6, 6.07) is 19.1. The minimum absolute atomic E-state index is 0.0811. The molecule has 0 aliphatic rings. The monoisotopic (exact) mass is 444 g/mol. The lowest BCUT2D eigenvalue weighted by Crippen LogP contribution is -2.21. The van der Waals surface area contributed by atoms with Crippen LogP contribution in [0.5, 0.6) is 0 Å². The van der Waals surface area contributed by atoms with Gasteiger partial charge in [-0.15, -0.1) is 0 Å². The minimum Gasteiger partial charge on any atom is -0.463 e. The molecule has 2 aromatic heterocycles. The van der Waals surface area contributed by atoms with Gasteiger partial charge in [0, 0.05) is 18.5 Å². The maximum absolute atomic E-state index is 13.0. The van der Waals surface area contributed by atoms with Crippen molar-refractivity contribution in [1.29, 1.82) is 0 Å². The van der Waals surface area contributed by atoms with Crippen LogP contribution in [0.4, 0.5) is 0 Å². The van der Waals surface area contributed by atoms with Crippen molar-refractivity contribution < 1.29 is 13.9 Å². The molecular weight excluding hydrogens is 424 g/mol. The number of nitrogens with zero attached hydrogens (tertiary/aromatic N) is 2. The molecule has 0 fully saturated rings. The second-order valence-corrected chi connectivity index (χ2v) is 8.24. The van der Waals surface area contributed by atoms with Crippen LogP contribution >= 0.6 is 11.3 Å². The van der Waals surface area contributed by atoms with Crippen LogP contribution in [0.2, 0.25) is 0 Å². The summed E-state index contributed by atoms with van der Waals surface area (Å²) >= 11 is 1.43. The van der Waals surface area contributed by atoms with Crippen molar-refractivity contribution in [3.8, 4) is 0 Å². The number of rotatable bonds is 5. The molecule has 5 rings (SSSR count). The zero-order valence-electron chi connectivity index (χ0n) is 17.4. The van der Waals surface area contributed by atoms with Crippen LogP contribution in [-0.4, -0.2) is 23.7 Å². The topological polar surface area (TPSA) is 73.8 Å². The van der Waals surface area contributed by atoms with Gasteiger partial charge in [0.1, 0.15) is 17.4 Å². The summed E-state index contributed by atoms with van der Waals surface area (Å²) in [6.07, 6.45) is 1.20. The molecule has 32 heavy (non-hydrogen) atoms. The van der Waals surface area contributed by atoms with Gasteiger partial charge in [-0.25, -0.2) is 0 Å². The number of amides is 1. The van der Waals surface area contributed by atoms with E-state index in [4.69, 9.17) is 9.15 Å². The van der Waals surface area contributed by atoms with Gasteiger partial charge in [-0.05, 0) is 30.5 Å². The highest BCUT2D eigenvalue weighted by atomic mass is 32.1. The lowest BCUT2D eigenvalue weighted by atomic mass is 10.1. The van der Waals surface area contributed by atoms with E-state index in [1.807, 2.05) is 29.7 Å². The maximum atomic E-state index is 13.0. The molecule has 2 heterocycles. The van der Waals surface area contributed by atoms with E-state index in [0.717, 1.165) is 21.0 Å². The van der Waals surface area contributed by atoms with Crippen molar-refractivity contribution in [3.05, 3.63) is 87.5 Å². The summed E-state index contributed by atoms with van der Waals surface area (Å²) in [4.78, 5) is 30.7. The first-order valence-corrected chi connectivity index (χ1v) is 11.2. The summed E-state index contributed by atoms with van der Waals surface area (Å²) in [6.45, 7) is 3.59. The van der Waals surface area contributed by atoms with Crippen molar-refractivity contribution in [1.82, 2.24) is 4.57 Å². The highest BCUT2D eigenvalue weighted by molar-refractivity contribution is 7.17. The van der Waals surface area contributed by atoms with Gasteiger partial charge in [-0.3, -0.25) is 9.59 Å². The van der Waals surface area contributed by atoms with E-state index in [9.17, 15) is 9.59 Å². The summed E-state index contributed by atoms with van der Waals surface area (Å²) in [5, 5.41) is 2.57. The summed E-state index contributed by atoms with van der Waals surface area (Å²) in [5.41, 5.74) is 0.954. The molecule has 0 spiro atoms. The molecule has 0 aliphatic carbocycles. The number of fused-ring (bicyclic) bond motifs is 4. The number of hydrogen-bond acceptors (Lipinski definition) is 5. The summed E-state index contributed by atoms with van der Waals surface area (Å²) < 4.78 is 14.1. The smallest absolute Gasteiger partial charge is 0.286 e. The van der Waals surface area contributed by atoms with Crippen molar-refractivity contribution in [2.24, 2.45) is 4.99 Å². The molecule has 7 heteroatoms. The lowest BCUT2D eigenvalue weighted by molar-refractivity contribution is 0.0994. The second-order valence-electron chi connectivity index (χ2n) is 7.26. The highest BCUT2D eigenvalue weighted by Crippen LogP contribution is 2.27. The molecule has 1 amide bonds. The number of benzene rings is 3. The molecule has 0 N–H and O–H groups in total. The van der Waals surface area contributed by atoms with Gasteiger partial charge in [-0.1, -0.05) is 53.8 Å². The van der Waals surface area contributed by atoms with E-state index in [1.54, 1.807) is 24.3 Å². The standard InChI is InChI=1S/C25H20N2O4S/c1-2-30-14-13-27-20-12-11-16-7-3-4-8-17(16)23(20)32-25(27)26-24(29)19-15-31-21-10-6-5-9-18(21)22(19)28/h3-12,15H,2,13-14H2,1H3. The van der Waals surface area contributed by atoms with Gasteiger partial charge in [0.15, 0.2) is 4.80 Å². The predicted molar refractivity (Wildman–Crippen MR) is 126 cm³/mol. The van der Waals surface area contributed by atoms with Crippen molar-refractivity contribution in [2.75, 3.05) is 13.2 Å². The molecule has 5 aromatic rings. The molecule has 0 unspecified atom stereocenters. The fraction of sp³-hybridized carbons (Fsp3) is 0.160. The van der Waals surface area contributed by atoms with E-state index >= 15 is 0 Å². The lowest BCUT2D eigenvalue weighted by Gasteiger charge is -2.06. The Morgan fingerprint density at radius 3 is 2.69 bits per heavy atom. The highest BCUT2D eigenvalue weighted by Gasteiger charge is 2.16. The number of carbonyl (C=O) groups excluding carboxylic acids is 1. The number of carbonyl (C=O) groups is 1. The van der Waals surface area contributed by atoms with Crippen LogP contribution in [0.3, 0.4) is 0 Å². The maximum Gasteiger partial charge on any atom is 0.286 e. The Hall–Kier alpha value is -3.55. The van der Waals surface area contributed by atoms with Gasteiger partial charge in [-0.2, -0.15) is 4.99 Å². The average molecular weight is 445 g/mol. The molecule has 0 atom stereocenters. The van der Waals surface area contributed by atoms with E-state index in [1.165, 1.54) is 17.6 Å². The van der Waals surface area contributed by atoms with Crippen molar-refractivity contribution in [2.45, 2.75) is 13.5 Å². The molecule has 0 saturated carbocycles. The Balaban J connectivity index is 1.69. The fourth-order valence-electron chi connectivity index (χ4n) is 3.77. The molecule has 0 aliphatic heterocycles. The first kappa shape index (κ1) is 20.4. The van der Waals surface area contributed by atoms with E-state index in [0.29, 0.717) is 35.5 Å². The summed E-state index contributed by atoms with van der Waals surface area (Å²) in [7, 11) is 0. The molecule has 6 nitrogen and oxygen atoms in total. The third-order valence-electron chi connectivity index (χ3n) is 5.34. The second kappa shape index (κ2) is 8.53. The molecular formula is C25H20N2O4S. The van der Waals surface area contributed by atoms with Gasteiger partial charge in [0.05, 0.1) is 22.2 Å². The molecule has 3 aromatic carbocycles.